The summed E-state index contributed by atoms with van der Waals surface area (Å²) in [5.74, 6) is 0. The monoisotopic (exact) mass is 284 g/mol. The molecule has 1 aromatic rings. The van der Waals surface area contributed by atoms with Crippen molar-refractivity contribution >= 4 is 11.7 Å². The van der Waals surface area contributed by atoms with Gasteiger partial charge in [0.1, 0.15) is 0 Å². The van der Waals surface area contributed by atoms with E-state index in [0.29, 0.717) is 29.4 Å². The van der Waals surface area contributed by atoms with Crippen LogP contribution in [0.1, 0.15) is 31.2 Å². The van der Waals surface area contributed by atoms with Crippen LogP contribution in [0.25, 0.3) is 0 Å². The minimum absolute atomic E-state index is 0.101. The molecule has 3 rings (SSSR count). The fourth-order valence-corrected chi connectivity index (χ4v) is 3.39. The fourth-order valence-electron chi connectivity index (χ4n) is 3.39. The second-order valence-electron chi connectivity index (χ2n) is 6.00. The molecule has 0 saturated carbocycles. The van der Waals surface area contributed by atoms with Crippen LogP contribution in [0.2, 0.25) is 0 Å². The minimum Gasteiger partial charge on any atom is -0.324 e. The fraction of sp³-hybridized carbons (Fsp3) is 0.500. The Morgan fingerprint density at radius 2 is 2.10 bits per heavy atom. The van der Waals surface area contributed by atoms with E-state index in [4.69, 9.17) is 5.26 Å². The molecule has 5 heteroatoms. The van der Waals surface area contributed by atoms with E-state index in [9.17, 15) is 4.79 Å². The maximum Gasteiger partial charge on any atom is 0.321 e. The van der Waals surface area contributed by atoms with Gasteiger partial charge in [-0.2, -0.15) is 5.26 Å². The third-order valence-electron chi connectivity index (χ3n) is 4.56. The largest absolute Gasteiger partial charge is 0.324 e. The first kappa shape index (κ1) is 13.9. The molecule has 2 saturated heterocycles. The van der Waals surface area contributed by atoms with Gasteiger partial charge < -0.3 is 15.5 Å². The molecule has 0 spiro atoms. The average molecular weight is 284 g/mol. The Morgan fingerprint density at radius 3 is 2.76 bits per heavy atom. The minimum atomic E-state index is -0.101. The zero-order valence-electron chi connectivity index (χ0n) is 12.2. The van der Waals surface area contributed by atoms with Gasteiger partial charge in [0.05, 0.1) is 11.6 Å². The number of benzene rings is 1. The lowest BCUT2D eigenvalue weighted by molar-refractivity contribution is 0.176. The number of nitrogens with one attached hydrogen (secondary N) is 2. The molecule has 0 aromatic heterocycles. The predicted octanol–water partition coefficient (Wildman–Crippen LogP) is 2.30. The topological polar surface area (TPSA) is 68.2 Å². The first-order valence-corrected chi connectivity index (χ1v) is 7.45. The second-order valence-corrected chi connectivity index (χ2v) is 6.00. The molecule has 2 fully saturated rings. The van der Waals surface area contributed by atoms with E-state index in [2.05, 4.69) is 16.7 Å². The van der Waals surface area contributed by atoms with Crippen molar-refractivity contribution in [2.45, 2.75) is 43.8 Å². The number of carbonyl (C=O) groups excluding carboxylic acids is 1. The van der Waals surface area contributed by atoms with E-state index in [0.717, 1.165) is 12.8 Å². The molecule has 0 radical (unpaired) electrons. The molecule has 5 nitrogen and oxygen atoms in total. The van der Waals surface area contributed by atoms with Crippen molar-refractivity contribution in [1.29, 1.82) is 5.26 Å². The van der Waals surface area contributed by atoms with Gasteiger partial charge in [0, 0.05) is 30.9 Å². The summed E-state index contributed by atoms with van der Waals surface area (Å²) in [5, 5.41) is 15.4. The van der Waals surface area contributed by atoms with Gasteiger partial charge in [-0.15, -0.1) is 0 Å². The van der Waals surface area contributed by atoms with Gasteiger partial charge >= 0.3 is 6.03 Å². The van der Waals surface area contributed by atoms with Crippen molar-refractivity contribution in [3.63, 3.8) is 0 Å². The molecule has 2 atom stereocenters. The van der Waals surface area contributed by atoms with Gasteiger partial charge in [0.2, 0.25) is 0 Å². The van der Waals surface area contributed by atoms with Gasteiger partial charge in [0.15, 0.2) is 0 Å². The number of nitrogens with zero attached hydrogens (tertiary/aromatic N) is 2. The summed E-state index contributed by atoms with van der Waals surface area (Å²) in [5.41, 5.74) is 1.22. The van der Waals surface area contributed by atoms with Crippen LogP contribution in [0.4, 0.5) is 10.5 Å². The van der Waals surface area contributed by atoms with E-state index in [1.54, 1.807) is 24.3 Å². The van der Waals surface area contributed by atoms with E-state index < -0.39 is 0 Å². The van der Waals surface area contributed by atoms with E-state index in [-0.39, 0.29) is 6.03 Å². The van der Waals surface area contributed by atoms with Crippen LogP contribution in [0.5, 0.6) is 0 Å². The number of hydrogen-bond acceptors (Lipinski definition) is 3. The number of amides is 2. The normalized spacial score (nSPS) is 27.0. The first-order valence-electron chi connectivity index (χ1n) is 7.45. The van der Waals surface area contributed by atoms with Crippen molar-refractivity contribution in [2.24, 2.45) is 0 Å². The average Bonchev–Trinajstić information content (AvgIpc) is 2.85. The van der Waals surface area contributed by atoms with Crippen molar-refractivity contribution in [1.82, 2.24) is 10.2 Å². The van der Waals surface area contributed by atoms with Crippen molar-refractivity contribution in [2.75, 3.05) is 12.4 Å². The van der Waals surface area contributed by atoms with Gasteiger partial charge in [-0.3, -0.25) is 0 Å². The highest BCUT2D eigenvalue weighted by Crippen LogP contribution is 2.29. The van der Waals surface area contributed by atoms with Crippen LogP contribution in [-0.4, -0.2) is 36.1 Å². The molecule has 2 heterocycles. The Kier molecular flexibility index (Phi) is 3.80. The van der Waals surface area contributed by atoms with Gasteiger partial charge in [-0.1, -0.05) is 6.07 Å². The number of rotatable bonds is 2. The lowest BCUT2D eigenvalue weighted by Gasteiger charge is -2.35. The maximum atomic E-state index is 12.4. The zero-order valence-corrected chi connectivity index (χ0v) is 12.2. The van der Waals surface area contributed by atoms with Crippen molar-refractivity contribution in [3.05, 3.63) is 29.8 Å². The standard InChI is InChI=1S/C16H20N4O/c1-20(15-8-13-5-6-14(9-15)18-13)16(21)19-12-4-2-3-11(7-12)10-17/h2-4,7,13-15,18H,5-6,8-9H2,1H3,(H,19,21). The molecule has 110 valence electrons. The van der Waals surface area contributed by atoms with Crippen molar-refractivity contribution < 1.29 is 4.79 Å². The van der Waals surface area contributed by atoms with E-state index in [1.807, 2.05) is 11.9 Å². The van der Waals surface area contributed by atoms with Gasteiger partial charge in [-0.25, -0.2) is 4.79 Å². The SMILES string of the molecule is CN(C(=O)Nc1cccc(C#N)c1)C1CC2CCC(C1)N2. The molecule has 2 N–H and O–H groups in total. The Morgan fingerprint density at radius 1 is 1.38 bits per heavy atom. The summed E-state index contributed by atoms with van der Waals surface area (Å²) >= 11 is 0. The lowest BCUT2D eigenvalue weighted by atomic mass is 9.99. The first-order chi connectivity index (χ1) is 10.2. The molecule has 2 amide bonds. The molecule has 21 heavy (non-hydrogen) atoms. The number of fused-ring (bicyclic) bond motifs is 2. The van der Waals surface area contributed by atoms with E-state index >= 15 is 0 Å². The van der Waals surface area contributed by atoms with E-state index in [1.165, 1.54) is 12.8 Å². The Bertz CT molecular complexity index is 568. The number of nitriles is 1. The Balaban J connectivity index is 1.63. The summed E-state index contributed by atoms with van der Waals surface area (Å²) < 4.78 is 0. The smallest absolute Gasteiger partial charge is 0.321 e. The predicted molar refractivity (Wildman–Crippen MR) is 80.9 cm³/mol. The molecular formula is C16H20N4O. The quantitative estimate of drug-likeness (QED) is 0.875. The van der Waals surface area contributed by atoms with Crippen LogP contribution in [0.3, 0.4) is 0 Å². The molecule has 2 unspecified atom stereocenters. The van der Waals surface area contributed by atoms with Crippen LogP contribution >= 0.6 is 0 Å². The third-order valence-corrected chi connectivity index (χ3v) is 4.56. The zero-order chi connectivity index (χ0) is 14.8. The molecule has 2 bridgehead atoms. The highest BCUT2D eigenvalue weighted by atomic mass is 16.2. The molecule has 0 aliphatic carbocycles. The van der Waals surface area contributed by atoms with Crippen LogP contribution in [0, 0.1) is 11.3 Å². The summed E-state index contributed by atoms with van der Waals surface area (Å²) in [6.07, 6.45) is 4.50. The number of urea groups is 1. The summed E-state index contributed by atoms with van der Waals surface area (Å²) in [7, 11) is 1.86. The molecule has 1 aromatic carbocycles. The van der Waals surface area contributed by atoms with Crippen molar-refractivity contribution in [3.8, 4) is 6.07 Å². The third kappa shape index (κ3) is 3.01. The molecular weight excluding hydrogens is 264 g/mol. The van der Waals surface area contributed by atoms with Gasteiger partial charge in [0.25, 0.3) is 0 Å². The number of hydrogen-bond donors (Lipinski definition) is 2. The highest BCUT2D eigenvalue weighted by Gasteiger charge is 2.36. The molecule has 2 aliphatic rings. The number of anilines is 1. The van der Waals surface area contributed by atoms with Crippen LogP contribution < -0.4 is 10.6 Å². The number of piperidine rings is 1. The maximum absolute atomic E-state index is 12.4. The van der Waals surface area contributed by atoms with Crippen LogP contribution in [-0.2, 0) is 0 Å². The summed E-state index contributed by atoms with van der Waals surface area (Å²) in [6.45, 7) is 0. The lowest BCUT2D eigenvalue weighted by Crippen LogP contribution is -2.49. The van der Waals surface area contributed by atoms with Crippen LogP contribution in [0.15, 0.2) is 24.3 Å². The second kappa shape index (κ2) is 5.74. The number of carbonyl (C=O) groups is 1. The highest BCUT2D eigenvalue weighted by molar-refractivity contribution is 5.89. The Labute approximate surface area is 124 Å². The summed E-state index contributed by atoms with van der Waals surface area (Å²) in [6, 6.07) is 10.4. The molecule has 2 aliphatic heterocycles. The Hall–Kier alpha value is -2.06. The summed E-state index contributed by atoms with van der Waals surface area (Å²) in [4.78, 5) is 14.2. The van der Waals surface area contributed by atoms with Gasteiger partial charge in [-0.05, 0) is 43.9 Å².